The molecule has 150 valence electrons. The molecule has 0 aliphatic carbocycles. The van der Waals surface area contributed by atoms with E-state index in [-0.39, 0.29) is 24.2 Å². The van der Waals surface area contributed by atoms with Crippen molar-refractivity contribution in [3.8, 4) is 0 Å². The molecule has 1 N–H and O–H groups in total. The fourth-order valence-electron chi connectivity index (χ4n) is 3.12. The van der Waals surface area contributed by atoms with Crippen LogP contribution < -0.4 is 5.32 Å². The number of unbranched alkanes of at least 4 members (excludes halogenated alkanes) is 1. The van der Waals surface area contributed by atoms with Crippen molar-refractivity contribution < 1.29 is 9.59 Å². The average Bonchev–Trinajstić information content (AvgIpc) is 3.30. The maximum atomic E-state index is 12.4. The topological polar surface area (TPSA) is 75.2 Å². The Hall–Kier alpha value is -1.93. The molecule has 1 aromatic carbocycles. The molecule has 1 saturated heterocycles. The van der Waals surface area contributed by atoms with Gasteiger partial charge in [-0.05, 0) is 24.8 Å². The minimum absolute atomic E-state index is 0.0699. The molecule has 0 spiro atoms. The number of thioether (sulfide) groups is 1. The van der Waals surface area contributed by atoms with Crippen molar-refractivity contribution in [2.45, 2.75) is 43.4 Å². The van der Waals surface area contributed by atoms with Gasteiger partial charge in [-0.3, -0.25) is 9.59 Å². The molecule has 1 atom stereocenters. The fourth-order valence-corrected chi connectivity index (χ4v) is 4.88. The number of hydrogen-bond acceptors (Lipinski definition) is 6. The first-order chi connectivity index (χ1) is 13.7. The van der Waals surface area contributed by atoms with E-state index in [2.05, 4.69) is 46.7 Å². The lowest BCUT2D eigenvalue weighted by Gasteiger charge is -2.15. The number of aryl methyl sites for hydroxylation is 1. The molecule has 8 heteroatoms. The number of likely N-dealkylation sites (tertiary alicyclic amines) is 1. The Morgan fingerprint density at radius 1 is 1.29 bits per heavy atom. The Morgan fingerprint density at radius 2 is 2.11 bits per heavy atom. The first kappa shape index (κ1) is 20.8. The number of nitrogens with zero attached hydrogens (tertiary/aromatic N) is 3. The summed E-state index contributed by atoms with van der Waals surface area (Å²) in [4.78, 5) is 26.3. The van der Waals surface area contributed by atoms with Gasteiger partial charge in [0.1, 0.15) is 0 Å². The second-order valence-electron chi connectivity index (χ2n) is 6.89. The molecule has 28 heavy (non-hydrogen) atoms. The number of aromatic nitrogens is 2. The van der Waals surface area contributed by atoms with Crippen molar-refractivity contribution in [1.29, 1.82) is 0 Å². The monoisotopic (exact) mass is 418 g/mol. The summed E-state index contributed by atoms with van der Waals surface area (Å²) in [7, 11) is 0. The third-order valence-electron chi connectivity index (χ3n) is 4.68. The fraction of sp³-hybridized carbons (Fsp3) is 0.500. The van der Waals surface area contributed by atoms with Crippen molar-refractivity contribution in [2.24, 2.45) is 5.92 Å². The van der Waals surface area contributed by atoms with Gasteiger partial charge < -0.3 is 10.2 Å². The molecule has 3 rings (SSSR count). The third-order valence-corrected chi connectivity index (χ3v) is 6.74. The Morgan fingerprint density at radius 3 is 2.89 bits per heavy atom. The Balaban J connectivity index is 1.40. The SMILES string of the molecule is CCCCN1C[C@H](C(=O)Nc2nnc(SCCCc3ccccc3)s2)CC1=O. The summed E-state index contributed by atoms with van der Waals surface area (Å²) in [6, 6.07) is 10.4. The van der Waals surface area contributed by atoms with Crippen LogP contribution in [0.1, 0.15) is 38.2 Å². The minimum Gasteiger partial charge on any atom is -0.342 e. The highest BCUT2D eigenvalue weighted by molar-refractivity contribution is 8.01. The summed E-state index contributed by atoms with van der Waals surface area (Å²) in [5, 5.41) is 11.6. The molecule has 0 saturated carbocycles. The van der Waals surface area contributed by atoms with Gasteiger partial charge in [-0.2, -0.15) is 0 Å². The van der Waals surface area contributed by atoms with Gasteiger partial charge in [0.25, 0.3) is 0 Å². The van der Waals surface area contributed by atoms with E-state index in [4.69, 9.17) is 0 Å². The van der Waals surface area contributed by atoms with Gasteiger partial charge in [-0.25, -0.2) is 0 Å². The quantitative estimate of drug-likeness (QED) is 0.360. The third kappa shape index (κ3) is 6.04. The van der Waals surface area contributed by atoms with Crippen LogP contribution in [0, 0.1) is 5.92 Å². The van der Waals surface area contributed by atoms with Crippen molar-refractivity contribution in [1.82, 2.24) is 15.1 Å². The van der Waals surface area contributed by atoms with Gasteiger partial charge in [0.2, 0.25) is 16.9 Å². The Kier molecular flexibility index (Phi) is 7.85. The minimum atomic E-state index is -0.296. The van der Waals surface area contributed by atoms with Gasteiger partial charge in [0, 0.05) is 25.3 Å². The Labute approximate surface area is 174 Å². The highest BCUT2D eigenvalue weighted by Crippen LogP contribution is 2.27. The van der Waals surface area contributed by atoms with E-state index in [0.29, 0.717) is 11.7 Å². The smallest absolute Gasteiger partial charge is 0.231 e. The molecular weight excluding hydrogens is 392 g/mol. The zero-order valence-corrected chi connectivity index (χ0v) is 17.7. The summed E-state index contributed by atoms with van der Waals surface area (Å²) in [6.07, 6.45) is 4.40. The zero-order valence-electron chi connectivity index (χ0n) is 16.1. The van der Waals surface area contributed by atoms with Crippen LogP contribution in [0.25, 0.3) is 0 Å². The number of rotatable bonds is 10. The van der Waals surface area contributed by atoms with Crippen molar-refractivity contribution >= 4 is 40.0 Å². The number of carbonyl (C=O) groups excluding carboxylic acids is 2. The van der Waals surface area contributed by atoms with E-state index in [1.807, 2.05) is 6.07 Å². The Bertz CT molecular complexity index is 782. The number of nitrogens with one attached hydrogen (secondary N) is 1. The summed E-state index contributed by atoms with van der Waals surface area (Å²) in [5.74, 6) is 0.598. The molecule has 1 aliphatic rings. The summed E-state index contributed by atoms with van der Waals surface area (Å²) in [5.41, 5.74) is 1.34. The standard InChI is InChI=1S/C20H26N4O2S2/c1-2-3-11-24-14-16(13-17(24)25)18(26)21-19-22-23-20(28-19)27-12-7-10-15-8-5-4-6-9-15/h4-6,8-9,16H,2-3,7,10-14H2,1H3,(H,21,22,26)/t16-/m1/s1. The lowest BCUT2D eigenvalue weighted by atomic mass is 10.1. The van der Waals surface area contributed by atoms with Crippen LogP contribution in [0.4, 0.5) is 5.13 Å². The van der Waals surface area contributed by atoms with Gasteiger partial charge >= 0.3 is 0 Å². The molecule has 0 bridgehead atoms. The molecule has 6 nitrogen and oxygen atoms in total. The predicted octanol–water partition coefficient (Wildman–Crippen LogP) is 3.85. The molecule has 0 radical (unpaired) electrons. The van der Waals surface area contributed by atoms with E-state index in [1.54, 1.807) is 16.7 Å². The molecule has 0 unspecified atom stereocenters. The number of carbonyl (C=O) groups is 2. The molecule has 2 heterocycles. The van der Waals surface area contributed by atoms with Crippen LogP contribution in [0.3, 0.4) is 0 Å². The highest BCUT2D eigenvalue weighted by atomic mass is 32.2. The molecule has 1 aromatic heterocycles. The number of benzene rings is 1. The van der Waals surface area contributed by atoms with E-state index in [0.717, 1.165) is 42.3 Å². The van der Waals surface area contributed by atoms with E-state index < -0.39 is 0 Å². The van der Waals surface area contributed by atoms with E-state index in [1.165, 1.54) is 16.9 Å². The second kappa shape index (κ2) is 10.6. The van der Waals surface area contributed by atoms with Crippen molar-refractivity contribution in [2.75, 3.05) is 24.2 Å². The van der Waals surface area contributed by atoms with E-state index in [9.17, 15) is 9.59 Å². The maximum Gasteiger partial charge on any atom is 0.231 e. The number of amides is 2. The zero-order chi connectivity index (χ0) is 19.8. The molecule has 2 amide bonds. The van der Waals surface area contributed by atoms with Crippen LogP contribution in [0.2, 0.25) is 0 Å². The summed E-state index contributed by atoms with van der Waals surface area (Å²) in [6.45, 7) is 3.34. The highest BCUT2D eigenvalue weighted by Gasteiger charge is 2.34. The normalized spacial score (nSPS) is 16.5. The largest absolute Gasteiger partial charge is 0.342 e. The van der Waals surface area contributed by atoms with Crippen LogP contribution in [0.15, 0.2) is 34.7 Å². The maximum absolute atomic E-state index is 12.4. The summed E-state index contributed by atoms with van der Waals surface area (Å²) < 4.78 is 0.857. The van der Waals surface area contributed by atoms with Crippen molar-refractivity contribution in [3.05, 3.63) is 35.9 Å². The second-order valence-corrected chi connectivity index (χ2v) is 9.21. The van der Waals surface area contributed by atoms with Crippen LogP contribution in [-0.4, -0.2) is 45.8 Å². The van der Waals surface area contributed by atoms with Gasteiger partial charge in [-0.1, -0.05) is 66.8 Å². The summed E-state index contributed by atoms with van der Waals surface area (Å²) >= 11 is 3.05. The van der Waals surface area contributed by atoms with Crippen LogP contribution in [0.5, 0.6) is 0 Å². The molecule has 2 aromatic rings. The van der Waals surface area contributed by atoms with Gasteiger partial charge in [0.15, 0.2) is 4.34 Å². The van der Waals surface area contributed by atoms with Crippen LogP contribution in [-0.2, 0) is 16.0 Å². The number of hydrogen-bond donors (Lipinski definition) is 1. The predicted molar refractivity (Wildman–Crippen MR) is 114 cm³/mol. The molecule has 1 aliphatic heterocycles. The lowest BCUT2D eigenvalue weighted by molar-refractivity contribution is -0.128. The van der Waals surface area contributed by atoms with Gasteiger partial charge in [0.05, 0.1) is 5.92 Å². The number of anilines is 1. The van der Waals surface area contributed by atoms with Crippen molar-refractivity contribution in [3.63, 3.8) is 0 Å². The average molecular weight is 419 g/mol. The van der Waals surface area contributed by atoms with Gasteiger partial charge in [-0.15, -0.1) is 10.2 Å². The molecule has 1 fully saturated rings. The van der Waals surface area contributed by atoms with Crippen LogP contribution >= 0.6 is 23.1 Å². The lowest BCUT2D eigenvalue weighted by Crippen LogP contribution is -2.29. The first-order valence-corrected chi connectivity index (χ1v) is 11.5. The first-order valence-electron chi connectivity index (χ1n) is 9.74. The van der Waals surface area contributed by atoms with E-state index >= 15 is 0 Å². The molecular formula is C20H26N4O2S2.